The predicted octanol–water partition coefficient (Wildman–Crippen LogP) is 3.63. The summed E-state index contributed by atoms with van der Waals surface area (Å²) in [5.74, 6) is 0.434. The SMILES string of the molecule is Fc1cccc(C2CNCCN2Cc2coc(-c3ccccc3)n2)c1. The van der Waals surface area contributed by atoms with Crippen LogP contribution in [0.1, 0.15) is 17.3 Å². The molecule has 0 spiro atoms. The van der Waals surface area contributed by atoms with E-state index in [0.29, 0.717) is 12.4 Å². The van der Waals surface area contributed by atoms with E-state index in [1.165, 1.54) is 6.07 Å². The molecular formula is C20H20FN3O. The van der Waals surface area contributed by atoms with E-state index in [2.05, 4.69) is 15.2 Å². The molecule has 25 heavy (non-hydrogen) atoms. The lowest BCUT2D eigenvalue weighted by Crippen LogP contribution is -2.45. The smallest absolute Gasteiger partial charge is 0.226 e. The highest BCUT2D eigenvalue weighted by Gasteiger charge is 2.25. The van der Waals surface area contributed by atoms with Crippen molar-refractivity contribution in [1.29, 1.82) is 0 Å². The molecule has 2 aromatic carbocycles. The lowest BCUT2D eigenvalue weighted by molar-refractivity contribution is 0.151. The van der Waals surface area contributed by atoms with Crippen LogP contribution in [-0.2, 0) is 6.54 Å². The van der Waals surface area contributed by atoms with E-state index in [1.54, 1.807) is 18.4 Å². The van der Waals surface area contributed by atoms with Crippen molar-refractivity contribution in [3.63, 3.8) is 0 Å². The van der Waals surface area contributed by atoms with E-state index < -0.39 is 0 Å². The molecule has 1 N–H and O–H groups in total. The van der Waals surface area contributed by atoms with Crippen molar-refractivity contribution in [3.05, 3.63) is 77.9 Å². The van der Waals surface area contributed by atoms with Crippen LogP contribution in [0.4, 0.5) is 4.39 Å². The Morgan fingerprint density at radius 1 is 1.16 bits per heavy atom. The molecule has 1 saturated heterocycles. The van der Waals surface area contributed by atoms with Crippen molar-refractivity contribution in [2.24, 2.45) is 0 Å². The van der Waals surface area contributed by atoms with E-state index in [9.17, 15) is 4.39 Å². The maximum Gasteiger partial charge on any atom is 0.226 e. The van der Waals surface area contributed by atoms with Crippen LogP contribution >= 0.6 is 0 Å². The Kier molecular flexibility index (Phi) is 4.59. The Morgan fingerprint density at radius 3 is 2.88 bits per heavy atom. The van der Waals surface area contributed by atoms with Crippen molar-refractivity contribution in [1.82, 2.24) is 15.2 Å². The summed E-state index contributed by atoms with van der Waals surface area (Å²) in [5.41, 5.74) is 2.84. The van der Waals surface area contributed by atoms with E-state index in [1.807, 2.05) is 36.4 Å². The Labute approximate surface area is 146 Å². The van der Waals surface area contributed by atoms with Gasteiger partial charge >= 0.3 is 0 Å². The monoisotopic (exact) mass is 337 g/mol. The Hall–Kier alpha value is -2.50. The third-order valence-corrected chi connectivity index (χ3v) is 4.53. The van der Waals surface area contributed by atoms with Crippen LogP contribution < -0.4 is 5.32 Å². The molecule has 2 heterocycles. The van der Waals surface area contributed by atoms with Gasteiger partial charge in [-0.05, 0) is 29.8 Å². The average Bonchev–Trinajstić information content (AvgIpc) is 3.11. The van der Waals surface area contributed by atoms with Gasteiger partial charge in [-0.1, -0.05) is 30.3 Å². The van der Waals surface area contributed by atoms with Gasteiger partial charge in [0.2, 0.25) is 5.89 Å². The van der Waals surface area contributed by atoms with Crippen molar-refractivity contribution in [2.45, 2.75) is 12.6 Å². The molecule has 1 atom stereocenters. The maximum atomic E-state index is 13.6. The first-order chi connectivity index (χ1) is 12.3. The largest absolute Gasteiger partial charge is 0.444 e. The van der Waals surface area contributed by atoms with Crippen LogP contribution in [0.25, 0.3) is 11.5 Å². The average molecular weight is 337 g/mol. The molecule has 1 aromatic heterocycles. The maximum absolute atomic E-state index is 13.6. The number of oxazole rings is 1. The molecule has 0 bridgehead atoms. The number of hydrogen-bond acceptors (Lipinski definition) is 4. The molecule has 3 aromatic rings. The van der Waals surface area contributed by atoms with Gasteiger partial charge < -0.3 is 9.73 Å². The third-order valence-electron chi connectivity index (χ3n) is 4.53. The quantitative estimate of drug-likeness (QED) is 0.789. The molecule has 0 aliphatic carbocycles. The minimum Gasteiger partial charge on any atom is -0.444 e. The summed E-state index contributed by atoms with van der Waals surface area (Å²) in [4.78, 5) is 6.93. The first kappa shape index (κ1) is 16.0. The number of halogens is 1. The molecule has 128 valence electrons. The Bertz CT molecular complexity index is 834. The molecule has 1 unspecified atom stereocenters. The second-order valence-electron chi connectivity index (χ2n) is 6.26. The first-order valence-electron chi connectivity index (χ1n) is 8.49. The van der Waals surface area contributed by atoms with Gasteiger partial charge in [-0.15, -0.1) is 0 Å². The zero-order chi connectivity index (χ0) is 17.1. The van der Waals surface area contributed by atoms with Crippen LogP contribution in [0.15, 0.2) is 65.3 Å². The molecular weight excluding hydrogens is 317 g/mol. The van der Waals surface area contributed by atoms with Gasteiger partial charge in [-0.3, -0.25) is 4.90 Å². The lowest BCUT2D eigenvalue weighted by atomic mass is 10.0. The van der Waals surface area contributed by atoms with Crippen molar-refractivity contribution >= 4 is 0 Å². The van der Waals surface area contributed by atoms with E-state index in [0.717, 1.165) is 36.5 Å². The highest BCUT2D eigenvalue weighted by Crippen LogP contribution is 2.25. The Morgan fingerprint density at radius 2 is 2.04 bits per heavy atom. The van der Waals surface area contributed by atoms with E-state index in [-0.39, 0.29) is 11.9 Å². The van der Waals surface area contributed by atoms with E-state index >= 15 is 0 Å². The molecule has 4 nitrogen and oxygen atoms in total. The number of nitrogens with zero attached hydrogens (tertiary/aromatic N) is 2. The number of rotatable bonds is 4. The Balaban J connectivity index is 1.53. The van der Waals surface area contributed by atoms with Gasteiger partial charge in [0.25, 0.3) is 0 Å². The van der Waals surface area contributed by atoms with Crippen molar-refractivity contribution in [2.75, 3.05) is 19.6 Å². The lowest BCUT2D eigenvalue weighted by Gasteiger charge is -2.36. The second kappa shape index (κ2) is 7.17. The molecule has 1 aliphatic heterocycles. The predicted molar refractivity (Wildman–Crippen MR) is 94.4 cm³/mol. The molecule has 1 fully saturated rings. The highest BCUT2D eigenvalue weighted by atomic mass is 19.1. The van der Waals surface area contributed by atoms with Gasteiger partial charge in [0, 0.05) is 37.8 Å². The summed E-state index contributed by atoms with van der Waals surface area (Å²) in [7, 11) is 0. The molecule has 0 radical (unpaired) electrons. The molecule has 0 amide bonds. The van der Waals surface area contributed by atoms with Crippen LogP contribution in [0.5, 0.6) is 0 Å². The van der Waals surface area contributed by atoms with Crippen LogP contribution in [0, 0.1) is 5.82 Å². The topological polar surface area (TPSA) is 41.3 Å². The third kappa shape index (κ3) is 3.62. The molecule has 5 heteroatoms. The van der Waals surface area contributed by atoms with Crippen LogP contribution in [0.3, 0.4) is 0 Å². The van der Waals surface area contributed by atoms with Crippen molar-refractivity contribution < 1.29 is 8.81 Å². The zero-order valence-electron chi connectivity index (χ0n) is 13.9. The summed E-state index contributed by atoms with van der Waals surface area (Å²) < 4.78 is 19.2. The second-order valence-corrected chi connectivity index (χ2v) is 6.26. The summed E-state index contributed by atoms with van der Waals surface area (Å²) in [6.45, 7) is 3.27. The van der Waals surface area contributed by atoms with E-state index in [4.69, 9.17) is 4.42 Å². The van der Waals surface area contributed by atoms with Gasteiger partial charge in [0.15, 0.2) is 0 Å². The summed E-state index contributed by atoms with van der Waals surface area (Å²) in [5, 5.41) is 3.39. The number of piperazine rings is 1. The summed E-state index contributed by atoms with van der Waals surface area (Å²) in [6.07, 6.45) is 1.72. The number of benzene rings is 2. The van der Waals surface area contributed by atoms with Gasteiger partial charge in [0.1, 0.15) is 12.1 Å². The minimum atomic E-state index is -0.198. The number of hydrogen-bond donors (Lipinski definition) is 1. The highest BCUT2D eigenvalue weighted by molar-refractivity contribution is 5.52. The fraction of sp³-hybridized carbons (Fsp3) is 0.250. The summed E-state index contributed by atoms with van der Waals surface area (Å²) >= 11 is 0. The van der Waals surface area contributed by atoms with Crippen LogP contribution in [-0.4, -0.2) is 29.5 Å². The van der Waals surface area contributed by atoms with Crippen molar-refractivity contribution in [3.8, 4) is 11.5 Å². The fourth-order valence-corrected chi connectivity index (χ4v) is 3.28. The summed E-state index contributed by atoms with van der Waals surface area (Å²) in [6, 6.07) is 16.8. The fourth-order valence-electron chi connectivity index (χ4n) is 3.28. The molecule has 4 rings (SSSR count). The molecule has 1 aliphatic rings. The minimum absolute atomic E-state index is 0.126. The number of aromatic nitrogens is 1. The van der Waals surface area contributed by atoms with Gasteiger partial charge in [0.05, 0.1) is 5.69 Å². The number of nitrogens with one attached hydrogen (secondary N) is 1. The standard InChI is InChI=1S/C20H20FN3O/c21-17-8-4-7-16(11-17)19-12-22-9-10-24(19)13-18-14-25-20(23-18)15-5-2-1-3-6-15/h1-8,11,14,19,22H,9-10,12-13H2. The van der Waals surface area contributed by atoms with Gasteiger partial charge in [-0.2, -0.15) is 0 Å². The van der Waals surface area contributed by atoms with Gasteiger partial charge in [-0.25, -0.2) is 9.37 Å². The first-order valence-corrected chi connectivity index (χ1v) is 8.49. The normalized spacial score (nSPS) is 18.4. The van der Waals surface area contributed by atoms with Crippen LogP contribution in [0.2, 0.25) is 0 Å². The zero-order valence-corrected chi connectivity index (χ0v) is 13.9. The molecule has 0 saturated carbocycles.